The number of carbonyl (C=O) groups excluding carboxylic acids is 2. The number of hydrogen-bond donors (Lipinski definition) is 0. The van der Waals surface area contributed by atoms with Crippen LogP contribution in [0.25, 0.3) is 0 Å². The third-order valence-electron chi connectivity index (χ3n) is 3.00. The Morgan fingerprint density at radius 1 is 1.00 bits per heavy atom. The molecule has 1 saturated carbocycles. The van der Waals surface area contributed by atoms with Crippen molar-refractivity contribution < 1.29 is 47.1 Å². The molecule has 0 radical (unpaired) electrons. The molecule has 4 atom stereocenters. The molecule has 2 rings (SSSR count). The Bertz CT molecular complexity index is 271. The summed E-state index contributed by atoms with van der Waals surface area (Å²) in [7, 11) is 0. The largest absolute Gasteiger partial charge is 2.00 e. The van der Waals surface area contributed by atoms with Crippen molar-refractivity contribution in [1.82, 2.24) is 0 Å². The quantitative estimate of drug-likeness (QED) is 0.432. The molecule has 2 aliphatic rings. The van der Waals surface area contributed by atoms with Crippen LogP contribution >= 0.6 is 0 Å². The second kappa shape index (κ2) is 4.00. The van der Waals surface area contributed by atoms with Gasteiger partial charge in [-0.15, -0.1) is 0 Å². The molecule has 0 N–H and O–H groups in total. The first-order valence-electron chi connectivity index (χ1n) is 4.21. The zero-order valence-electron chi connectivity index (χ0n) is 7.51. The Hall–Kier alpha value is -0.398. The summed E-state index contributed by atoms with van der Waals surface area (Å²) in [5.41, 5.74) is 0. The Morgan fingerprint density at radius 2 is 1.36 bits per heavy atom. The Balaban J connectivity index is 0.000000980. The first kappa shape index (κ1) is 11.7. The number of allylic oxidation sites excluding steroid dienone is 2. The molecule has 0 aromatic rings. The van der Waals surface area contributed by atoms with Crippen molar-refractivity contribution in [2.24, 2.45) is 23.7 Å². The van der Waals surface area contributed by atoms with Crippen molar-refractivity contribution >= 4 is 11.9 Å². The van der Waals surface area contributed by atoms with Crippen LogP contribution in [0, 0.1) is 23.7 Å². The zero-order valence-corrected chi connectivity index (χ0v) is 11.5. The van der Waals surface area contributed by atoms with Crippen LogP contribution in [-0.2, 0) is 36.9 Å². The molecule has 0 saturated heterocycles. The monoisotopic (exact) mass is 294 g/mol. The van der Waals surface area contributed by atoms with E-state index in [9.17, 15) is 19.8 Å². The van der Waals surface area contributed by atoms with Gasteiger partial charge < -0.3 is 19.8 Å². The average molecular weight is 293 g/mol. The minimum absolute atomic E-state index is 0. The van der Waals surface area contributed by atoms with Crippen LogP contribution in [0.4, 0.5) is 0 Å². The van der Waals surface area contributed by atoms with Crippen LogP contribution in [-0.4, -0.2) is 11.9 Å². The summed E-state index contributed by atoms with van der Waals surface area (Å²) in [5.74, 6) is -4.66. The molecule has 0 amide bonds. The maximum Gasteiger partial charge on any atom is 2.00 e. The van der Waals surface area contributed by atoms with Gasteiger partial charge in [0, 0.05) is 23.8 Å². The van der Waals surface area contributed by atoms with Gasteiger partial charge in [0.15, 0.2) is 0 Å². The van der Waals surface area contributed by atoms with Gasteiger partial charge in [0.05, 0.1) is 0 Å². The fourth-order valence-electron chi connectivity index (χ4n) is 2.46. The number of carboxylic acids is 2. The first-order chi connectivity index (χ1) is 6.11. The van der Waals surface area contributed by atoms with Crippen LogP contribution in [0.15, 0.2) is 12.2 Å². The summed E-state index contributed by atoms with van der Waals surface area (Å²) in [6.45, 7) is 0. The number of rotatable bonds is 2. The van der Waals surface area contributed by atoms with Gasteiger partial charge in [-0.25, -0.2) is 0 Å². The van der Waals surface area contributed by atoms with E-state index in [0.717, 1.165) is 0 Å². The van der Waals surface area contributed by atoms with E-state index in [-0.39, 0.29) is 39.1 Å². The number of hydrogen-bond acceptors (Lipinski definition) is 4. The van der Waals surface area contributed by atoms with Gasteiger partial charge in [-0.05, 0) is 18.3 Å². The van der Waals surface area contributed by atoms with Gasteiger partial charge in [-0.2, -0.15) is 0 Å². The number of fused-ring (bicyclic) bond motifs is 2. The van der Waals surface area contributed by atoms with Crippen LogP contribution < -0.4 is 10.2 Å². The SMILES string of the molecule is O=C([O-])C1C2C=CC(C2)C1C(=O)[O-].[Cd+2]. The summed E-state index contributed by atoms with van der Waals surface area (Å²) >= 11 is 0. The first-order valence-corrected chi connectivity index (χ1v) is 4.21. The normalized spacial score (nSPS) is 38.0. The van der Waals surface area contributed by atoms with E-state index in [0.29, 0.717) is 6.42 Å². The topological polar surface area (TPSA) is 80.3 Å². The van der Waals surface area contributed by atoms with Gasteiger partial charge in [-0.1, -0.05) is 12.2 Å². The van der Waals surface area contributed by atoms with Crippen LogP contribution in [0.1, 0.15) is 6.42 Å². The van der Waals surface area contributed by atoms with Gasteiger partial charge >= 0.3 is 27.3 Å². The van der Waals surface area contributed by atoms with Crippen LogP contribution in [0.3, 0.4) is 0 Å². The predicted molar refractivity (Wildman–Crippen MR) is 37.7 cm³/mol. The molecular formula is C9H8CdO4. The van der Waals surface area contributed by atoms with E-state index in [1.54, 1.807) is 12.2 Å². The molecule has 5 heteroatoms. The van der Waals surface area contributed by atoms with Crippen LogP contribution in [0.5, 0.6) is 0 Å². The third-order valence-corrected chi connectivity index (χ3v) is 3.00. The molecule has 0 aromatic heterocycles. The van der Waals surface area contributed by atoms with Crippen molar-refractivity contribution in [1.29, 1.82) is 0 Å². The smallest absolute Gasteiger partial charge is 0.550 e. The summed E-state index contributed by atoms with van der Waals surface area (Å²) in [4.78, 5) is 21.3. The summed E-state index contributed by atoms with van der Waals surface area (Å²) in [6, 6.07) is 0. The summed E-state index contributed by atoms with van der Waals surface area (Å²) < 4.78 is 0. The molecule has 4 unspecified atom stereocenters. The third kappa shape index (κ3) is 1.59. The van der Waals surface area contributed by atoms with E-state index in [2.05, 4.69) is 0 Å². The molecule has 2 aliphatic carbocycles. The number of carboxylic acid groups (broad SMARTS) is 2. The second-order valence-corrected chi connectivity index (χ2v) is 3.64. The predicted octanol–water partition coefficient (Wildman–Crippen LogP) is -2.08. The van der Waals surface area contributed by atoms with E-state index in [1.165, 1.54) is 0 Å². The fraction of sp³-hybridized carbons (Fsp3) is 0.556. The standard InChI is InChI=1S/C9H10O4.Cd/c10-8(11)6-4-1-2-5(3-4)7(6)9(12)13;/h1-2,4-7H,3H2,(H,10,11)(H,12,13);/q;+2/p-2. The molecule has 1 fully saturated rings. The molecular weight excluding hydrogens is 285 g/mol. The minimum Gasteiger partial charge on any atom is -0.550 e. The summed E-state index contributed by atoms with van der Waals surface area (Å²) in [5, 5.41) is 21.3. The van der Waals surface area contributed by atoms with Crippen molar-refractivity contribution in [3.05, 3.63) is 12.2 Å². The molecule has 0 spiro atoms. The molecule has 4 nitrogen and oxygen atoms in total. The molecule has 0 heterocycles. The maximum atomic E-state index is 10.7. The number of carbonyl (C=O) groups is 2. The van der Waals surface area contributed by atoms with Gasteiger partial charge in [0.1, 0.15) is 0 Å². The van der Waals surface area contributed by atoms with E-state index < -0.39 is 23.8 Å². The second-order valence-electron chi connectivity index (χ2n) is 3.64. The van der Waals surface area contributed by atoms with Crippen molar-refractivity contribution in [2.45, 2.75) is 6.42 Å². The van der Waals surface area contributed by atoms with E-state index in [1.807, 2.05) is 0 Å². The van der Waals surface area contributed by atoms with E-state index in [4.69, 9.17) is 0 Å². The Labute approximate surface area is 101 Å². The minimum atomic E-state index is -1.27. The van der Waals surface area contributed by atoms with Crippen molar-refractivity contribution in [3.8, 4) is 0 Å². The maximum absolute atomic E-state index is 10.7. The number of aliphatic carboxylic acids is 2. The van der Waals surface area contributed by atoms with Gasteiger partial charge in [0.2, 0.25) is 0 Å². The van der Waals surface area contributed by atoms with Crippen LogP contribution in [0.2, 0.25) is 0 Å². The molecule has 0 aromatic carbocycles. The molecule has 2 bridgehead atoms. The Morgan fingerprint density at radius 3 is 1.64 bits per heavy atom. The van der Waals surface area contributed by atoms with Crippen molar-refractivity contribution in [2.75, 3.05) is 0 Å². The fourth-order valence-corrected chi connectivity index (χ4v) is 2.46. The molecule has 14 heavy (non-hydrogen) atoms. The van der Waals surface area contributed by atoms with Crippen molar-refractivity contribution in [3.63, 3.8) is 0 Å². The molecule has 70 valence electrons. The zero-order chi connectivity index (χ0) is 9.59. The Kier molecular flexibility index (Phi) is 3.33. The average Bonchev–Trinajstić information content (AvgIpc) is 2.60. The molecule has 0 aliphatic heterocycles. The van der Waals surface area contributed by atoms with Gasteiger partial charge in [-0.3, -0.25) is 0 Å². The summed E-state index contributed by atoms with van der Waals surface area (Å²) in [6.07, 6.45) is 4.15. The van der Waals surface area contributed by atoms with Gasteiger partial charge in [0.25, 0.3) is 0 Å². The van der Waals surface area contributed by atoms with E-state index >= 15 is 0 Å².